The molecule has 0 radical (unpaired) electrons. The average molecular weight is 396 g/mol. The molecule has 0 saturated carbocycles. The highest BCUT2D eigenvalue weighted by atomic mass is 16.5. The number of hydrogen-bond donors (Lipinski definition) is 2. The molecule has 0 bridgehead atoms. The molecule has 6 nitrogen and oxygen atoms in total. The summed E-state index contributed by atoms with van der Waals surface area (Å²) in [6.07, 6.45) is 3.78. The molecule has 6 heteroatoms. The highest BCUT2D eigenvalue weighted by Gasteiger charge is 2.24. The van der Waals surface area contributed by atoms with Crippen LogP contribution in [0, 0.1) is 0 Å². The number of ether oxygens (including phenoxy) is 1. The van der Waals surface area contributed by atoms with Gasteiger partial charge < -0.3 is 24.4 Å². The number of aliphatic hydroxyl groups excluding tert-OH is 1. The van der Waals surface area contributed by atoms with Crippen LogP contribution in [0.1, 0.15) is 36.8 Å². The van der Waals surface area contributed by atoms with Gasteiger partial charge in [-0.05, 0) is 62.4 Å². The topological polar surface area (TPSA) is 70.8 Å². The van der Waals surface area contributed by atoms with E-state index in [1.165, 1.54) is 11.3 Å². The number of fused-ring (bicyclic) bond motifs is 3. The lowest BCUT2D eigenvalue weighted by Gasteiger charge is -2.25. The van der Waals surface area contributed by atoms with E-state index < -0.39 is 11.7 Å². The number of likely N-dealkylation sites (N-methyl/N-ethyl adjacent to an activating group) is 1. The Hall–Kier alpha value is -2.41. The van der Waals surface area contributed by atoms with Gasteiger partial charge in [-0.3, -0.25) is 4.98 Å². The van der Waals surface area contributed by atoms with Crippen molar-refractivity contribution in [1.82, 2.24) is 14.5 Å². The largest absolute Gasteiger partial charge is 0.491 e. The zero-order valence-electron chi connectivity index (χ0n) is 17.3. The minimum atomic E-state index is -0.880. The van der Waals surface area contributed by atoms with Gasteiger partial charge in [0.15, 0.2) is 0 Å². The zero-order chi connectivity index (χ0) is 20.6. The SMILES string of the molecule is CN1CCc2c(c3cc(OCC(C)(C)O)ccc3n2CC(O)c2ccncc2)C1. The normalized spacial score (nSPS) is 16.0. The minimum absolute atomic E-state index is 0.238. The number of benzene rings is 1. The average Bonchev–Trinajstić information content (AvgIpc) is 2.99. The third kappa shape index (κ3) is 4.29. The maximum atomic E-state index is 10.8. The smallest absolute Gasteiger partial charge is 0.120 e. The van der Waals surface area contributed by atoms with E-state index in [-0.39, 0.29) is 6.61 Å². The fraction of sp³-hybridized carbons (Fsp3) is 0.435. The molecule has 3 aromatic rings. The van der Waals surface area contributed by atoms with E-state index >= 15 is 0 Å². The molecule has 1 atom stereocenters. The number of nitrogens with zero attached hydrogens (tertiary/aromatic N) is 3. The summed E-state index contributed by atoms with van der Waals surface area (Å²) >= 11 is 0. The maximum absolute atomic E-state index is 10.8. The van der Waals surface area contributed by atoms with Crippen molar-refractivity contribution < 1.29 is 14.9 Å². The Morgan fingerprint density at radius 3 is 2.69 bits per heavy atom. The van der Waals surface area contributed by atoms with E-state index in [0.717, 1.165) is 41.7 Å². The first-order valence-electron chi connectivity index (χ1n) is 10.1. The molecule has 3 heterocycles. The Balaban J connectivity index is 1.72. The molecule has 1 unspecified atom stereocenters. The van der Waals surface area contributed by atoms with Crippen LogP contribution in [0.4, 0.5) is 0 Å². The van der Waals surface area contributed by atoms with Crippen LogP contribution < -0.4 is 4.74 Å². The first kappa shape index (κ1) is 19.9. The molecule has 0 saturated heterocycles. The third-order valence-electron chi connectivity index (χ3n) is 5.45. The fourth-order valence-corrected chi connectivity index (χ4v) is 3.99. The lowest BCUT2D eigenvalue weighted by atomic mass is 10.0. The Bertz CT molecular complexity index is 992. The summed E-state index contributed by atoms with van der Waals surface area (Å²) in [5.74, 6) is 0.752. The predicted molar refractivity (Wildman–Crippen MR) is 113 cm³/mol. The first-order valence-corrected chi connectivity index (χ1v) is 10.1. The first-order chi connectivity index (χ1) is 13.8. The van der Waals surface area contributed by atoms with Crippen LogP contribution in [0.15, 0.2) is 42.7 Å². The van der Waals surface area contributed by atoms with Gasteiger partial charge in [0, 0.05) is 48.5 Å². The number of aliphatic hydroxyl groups is 2. The molecule has 1 aliphatic rings. The van der Waals surface area contributed by atoms with E-state index in [1.54, 1.807) is 26.2 Å². The molecular formula is C23H29N3O3. The van der Waals surface area contributed by atoms with Crippen molar-refractivity contribution in [1.29, 1.82) is 0 Å². The van der Waals surface area contributed by atoms with Gasteiger partial charge in [0.1, 0.15) is 12.4 Å². The Morgan fingerprint density at radius 1 is 1.21 bits per heavy atom. The highest BCUT2D eigenvalue weighted by Crippen LogP contribution is 2.34. The van der Waals surface area contributed by atoms with Crippen molar-refractivity contribution in [3.05, 3.63) is 59.5 Å². The Labute approximate surface area is 171 Å². The molecule has 2 N–H and O–H groups in total. The molecule has 4 rings (SSSR count). The molecule has 1 aromatic carbocycles. The van der Waals surface area contributed by atoms with Gasteiger partial charge in [-0.2, -0.15) is 0 Å². The molecule has 154 valence electrons. The molecule has 0 spiro atoms. The van der Waals surface area contributed by atoms with Crippen molar-refractivity contribution in [3.8, 4) is 5.75 Å². The molecule has 0 fully saturated rings. The standard InChI is InChI=1S/C23H29N3O3/c1-23(2,28)15-29-17-4-5-20-18(12-17)19-13-25(3)11-8-21(19)26(20)14-22(27)16-6-9-24-10-7-16/h4-7,9-10,12,22,27-28H,8,11,13-15H2,1-3H3. The summed E-state index contributed by atoms with van der Waals surface area (Å²) in [4.78, 5) is 6.36. The van der Waals surface area contributed by atoms with Gasteiger partial charge in [-0.25, -0.2) is 0 Å². The van der Waals surface area contributed by atoms with E-state index in [4.69, 9.17) is 4.74 Å². The predicted octanol–water partition coefficient (Wildman–Crippen LogP) is 2.91. The van der Waals surface area contributed by atoms with E-state index in [1.807, 2.05) is 18.2 Å². The summed E-state index contributed by atoms with van der Waals surface area (Å²) in [7, 11) is 2.13. The van der Waals surface area contributed by atoms with Gasteiger partial charge in [0.2, 0.25) is 0 Å². The van der Waals surface area contributed by atoms with Crippen LogP contribution in [0.25, 0.3) is 10.9 Å². The molecule has 1 aliphatic heterocycles. The number of hydrogen-bond acceptors (Lipinski definition) is 5. The van der Waals surface area contributed by atoms with Gasteiger partial charge >= 0.3 is 0 Å². The lowest BCUT2D eigenvalue weighted by Crippen LogP contribution is -2.28. The van der Waals surface area contributed by atoms with E-state index in [0.29, 0.717) is 6.54 Å². The maximum Gasteiger partial charge on any atom is 0.120 e. The number of pyridine rings is 1. The van der Waals surface area contributed by atoms with Gasteiger partial charge in [-0.15, -0.1) is 0 Å². The summed E-state index contributed by atoms with van der Waals surface area (Å²) in [6.45, 7) is 6.08. The number of rotatable bonds is 6. The summed E-state index contributed by atoms with van der Waals surface area (Å²) in [5.41, 5.74) is 3.67. The van der Waals surface area contributed by atoms with Crippen LogP contribution in [-0.4, -0.2) is 50.5 Å². The van der Waals surface area contributed by atoms with Crippen LogP contribution in [0.5, 0.6) is 5.75 Å². The summed E-state index contributed by atoms with van der Waals surface area (Å²) < 4.78 is 8.08. The van der Waals surface area contributed by atoms with Crippen molar-refractivity contribution in [3.63, 3.8) is 0 Å². The van der Waals surface area contributed by atoms with Crippen molar-refractivity contribution in [2.45, 2.75) is 45.1 Å². The monoisotopic (exact) mass is 395 g/mol. The summed E-state index contributed by atoms with van der Waals surface area (Å²) in [6, 6.07) is 9.79. The molecule has 2 aromatic heterocycles. The molecule has 29 heavy (non-hydrogen) atoms. The minimum Gasteiger partial charge on any atom is -0.491 e. The van der Waals surface area contributed by atoms with Gasteiger partial charge in [-0.1, -0.05) is 0 Å². The van der Waals surface area contributed by atoms with Crippen molar-refractivity contribution in [2.24, 2.45) is 0 Å². The van der Waals surface area contributed by atoms with Crippen LogP contribution in [-0.2, 0) is 19.5 Å². The second kappa shape index (κ2) is 7.78. The van der Waals surface area contributed by atoms with Crippen LogP contribution in [0.3, 0.4) is 0 Å². The Morgan fingerprint density at radius 2 is 1.97 bits per heavy atom. The third-order valence-corrected chi connectivity index (χ3v) is 5.45. The van der Waals surface area contributed by atoms with Crippen LogP contribution in [0.2, 0.25) is 0 Å². The zero-order valence-corrected chi connectivity index (χ0v) is 17.3. The summed E-state index contributed by atoms with van der Waals surface area (Å²) in [5, 5.41) is 21.9. The molecule has 0 amide bonds. The fourth-order valence-electron chi connectivity index (χ4n) is 3.99. The van der Waals surface area contributed by atoms with E-state index in [2.05, 4.69) is 33.6 Å². The van der Waals surface area contributed by atoms with Gasteiger partial charge in [0.25, 0.3) is 0 Å². The van der Waals surface area contributed by atoms with Crippen molar-refractivity contribution in [2.75, 3.05) is 20.2 Å². The second-order valence-corrected chi connectivity index (χ2v) is 8.60. The van der Waals surface area contributed by atoms with Crippen molar-refractivity contribution >= 4 is 10.9 Å². The van der Waals surface area contributed by atoms with Crippen LogP contribution >= 0.6 is 0 Å². The highest BCUT2D eigenvalue weighted by molar-refractivity contribution is 5.87. The molecular weight excluding hydrogens is 366 g/mol. The number of aromatic nitrogens is 2. The second-order valence-electron chi connectivity index (χ2n) is 8.60. The Kier molecular flexibility index (Phi) is 5.34. The quantitative estimate of drug-likeness (QED) is 0.672. The van der Waals surface area contributed by atoms with Gasteiger partial charge in [0.05, 0.1) is 18.2 Å². The van der Waals surface area contributed by atoms with E-state index in [9.17, 15) is 10.2 Å². The lowest BCUT2D eigenvalue weighted by molar-refractivity contribution is 0.0285. The molecule has 0 aliphatic carbocycles.